The van der Waals surface area contributed by atoms with E-state index in [9.17, 15) is 13.2 Å². The van der Waals surface area contributed by atoms with E-state index in [0.29, 0.717) is 27.5 Å². The maximum atomic E-state index is 13.0. The number of sulfonamides is 1. The topological polar surface area (TPSA) is 87.3 Å². The van der Waals surface area contributed by atoms with Crippen molar-refractivity contribution in [3.05, 3.63) is 64.2 Å². The lowest BCUT2D eigenvalue weighted by Crippen LogP contribution is -2.28. The van der Waals surface area contributed by atoms with Crippen molar-refractivity contribution in [3.63, 3.8) is 0 Å². The largest absolute Gasteiger partial charge is 0.387 e. The lowest BCUT2D eigenvalue weighted by molar-refractivity contribution is 0.0937. The van der Waals surface area contributed by atoms with Crippen LogP contribution in [-0.4, -0.2) is 27.6 Å². The summed E-state index contributed by atoms with van der Waals surface area (Å²) >= 11 is 6.05. The van der Waals surface area contributed by atoms with Crippen LogP contribution < -0.4 is 15.4 Å². The standard InChI is InChI=1S/C20H22ClN3O3S/c1-4-14-18(24-28(3,26)27)10-8-16(19(14)22-2)20(25)23-17-9-5-12-11-13(21)6-7-15(12)17/h4,6-8,10-11,17,22,24H,1,5,9H2,2-3H3,(H,23,25)/t17-/m1/s1. The van der Waals surface area contributed by atoms with Crippen LogP contribution in [0, 0.1) is 0 Å². The number of fused-ring (bicyclic) bond motifs is 1. The highest BCUT2D eigenvalue weighted by atomic mass is 35.5. The third kappa shape index (κ3) is 4.15. The van der Waals surface area contributed by atoms with E-state index in [2.05, 4.69) is 21.9 Å². The Labute approximate surface area is 170 Å². The van der Waals surface area contributed by atoms with Gasteiger partial charge >= 0.3 is 0 Å². The average molecular weight is 420 g/mol. The van der Waals surface area contributed by atoms with Gasteiger partial charge in [0.05, 0.1) is 29.2 Å². The Morgan fingerprint density at radius 2 is 2.04 bits per heavy atom. The van der Waals surface area contributed by atoms with E-state index in [4.69, 9.17) is 11.6 Å². The second-order valence-corrected chi connectivity index (χ2v) is 8.87. The Bertz CT molecular complexity index is 1050. The summed E-state index contributed by atoms with van der Waals surface area (Å²) in [5, 5.41) is 6.75. The first-order valence-electron chi connectivity index (χ1n) is 8.77. The van der Waals surface area contributed by atoms with E-state index in [-0.39, 0.29) is 11.9 Å². The smallest absolute Gasteiger partial charge is 0.253 e. The van der Waals surface area contributed by atoms with E-state index in [1.54, 1.807) is 19.2 Å². The predicted octanol–water partition coefficient (Wildman–Crippen LogP) is 3.81. The molecule has 6 nitrogen and oxygen atoms in total. The zero-order valence-corrected chi connectivity index (χ0v) is 17.2. The number of rotatable bonds is 6. The molecule has 28 heavy (non-hydrogen) atoms. The lowest BCUT2D eigenvalue weighted by atomic mass is 10.0. The van der Waals surface area contributed by atoms with Gasteiger partial charge in [-0.25, -0.2) is 8.42 Å². The number of nitrogens with one attached hydrogen (secondary N) is 3. The van der Waals surface area contributed by atoms with Crippen molar-refractivity contribution in [1.29, 1.82) is 0 Å². The molecule has 0 spiro atoms. The molecule has 1 atom stereocenters. The van der Waals surface area contributed by atoms with Gasteiger partial charge in [0.15, 0.2) is 0 Å². The van der Waals surface area contributed by atoms with Gasteiger partial charge in [0.1, 0.15) is 0 Å². The fourth-order valence-electron chi connectivity index (χ4n) is 3.55. The molecule has 0 bridgehead atoms. The van der Waals surface area contributed by atoms with Crippen LogP contribution in [0.3, 0.4) is 0 Å². The van der Waals surface area contributed by atoms with Gasteiger partial charge in [0, 0.05) is 17.6 Å². The number of amides is 1. The molecule has 3 rings (SSSR count). The van der Waals surface area contributed by atoms with Gasteiger partial charge in [-0.2, -0.15) is 0 Å². The predicted molar refractivity (Wildman–Crippen MR) is 115 cm³/mol. The first kappa shape index (κ1) is 20.2. The van der Waals surface area contributed by atoms with E-state index in [1.165, 1.54) is 6.08 Å². The number of aryl methyl sites for hydroxylation is 1. The SMILES string of the molecule is C=Cc1c(NS(C)(=O)=O)ccc(C(=O)N[C@@H]2CCc3cc(Cl)ccc32)c1NC. The summed E-state index contributed by atoms with van der Waals surface area (Å²) in [7, 11) is -1.78. The summed E-state index contributed by atoms with van der Waals surface area (Å²) in [4.78, 5) is 13.0. The fraction of sp³-hybridized carbons (Fsp3) is 0.250. The van der Waals surface area contributed by atoms with Gasteiger partial charge < -0.3 is 10.6 Å². The highest BCUT2D eigenvalue weighted by Crippen LogP contribution is 2.34. The molecule has 8 heteroatoms. The minimum absolute atomic E-state index is 0.0922. The fourth-order valence-corrected chi connectivity index (χ4v) is 4.32. The Morgan fingerprint density at radius 3 is 2.68 bits per heavy atom. The molecular formula is C20H22ClN3O3S. The molecule has 3 N–H and O–H groups in total. The number of hydrogen-bond donors (Lipinski definition) is 3. The molecule has 1 aliphatic carbocycles. The molecule has 0 heterocycles. The number of carbonyl (C=O) groups is 1. The van der Waals surface area contributed by atoms with E-state index >= 15 is 0 Å². The van der Waals surface area contributed by atoms with E-state index < -0.39 is 10.0 Å². The molecule has 1 aliphatic rings. The first-order valence-corrected chi connectivity index (χ1v) is 11.0. The van der Waals surface area contributed by atoms with Crippen LogP contribution in [0.5, 0.6) is 0 Å². The van der Waals surface area contributed by atoms with Crippen molar-refractivity contribution in [1.82, 2.24) is 5.32 Å². The lowest BCUT2D eigenvalue weighted by Gasteiger charge is -2.19. The summed E-state index contributed by atoms with van der Waals surface area (Å²) in [5.74, 6) is -0.244. The maximum absolute atomic E-state index is 13.0. The number of anilines is 2. The average Bonchev–Trinajstić information content (AvgIpc) is 3.01. The summed E-state index contributed by atoms with van der Waals surface area (Å²) in [6.07, 6.45) is 4.25. The van der Waals surface area contributed by atoms with Gasteiger partial charge in [-0.15, -0.1) is 0 Å². The van der Waals surface area contributed by atoms with Crippen LogP contribution in [0.4, 0.5) is 11.4 Å². The number of halogens is 1. The molecule has 0 fully saturated rings. The molecule has 2 aromatic rings. The first-order chi connectivity index (χ1) is 13.2. The molecule has 0 aliphatic heterocycles. The Morgan fingerprint density at radius 1 is 1.29 bits per heavy atom. The van der Waals surface area contributed by atoms with Crippen LogP contribution >= 0.6 is 11.6 Å². The van der Waals surface area contributed by atoms with Gasteiger partial charge in [0.25, 0.3) is 5.91 Å². The summed E-state index contributed by atoms with van der Waals surface area (Å²) < 4.78 is 25.7. The number of benzene rings is 2. The minimum atomic E-state index is -3.46. The van der Waals surface area contributed by atoms with Crippen molar-refractivity contribution in [2.75, 3.05) is 23.3 Å². The zero-order valence-electron chi connectivity index (χ0n) is 15.7. The Kier molecular flexibility index (Phi) is 5.67. The third-order valence-corrected chi connectivity index (χ3v) is 5.55. The molecular weight excluding hydrogens is 398 g/mol. The van der Waals surface area contributed by atoms with Crippen molar-refractivity contribution >= 4 is 45.0 Å². The zero-order chi connectivity index (χ0) is 20.5. The van der Waals surface area contributed by atoms with Crippen molar-refractivity contribution in [2.45, 2.75) is 18.9 Å². The summed E-state index contributed by atoms with van der Waals surface area (Å²) in [6, 6.07) is 8.78. The molecule has 0 aromatic heterocycles. The molecule has 1 amide bonds. The van der Waals surface area contributed by atoms with E-state index in [0.717, 1.165) is 30.2 Å². The second-order valence-electron chi connectivity index (χ2n) is 6.69. The normalized spacial score (nSPS) is 15.6. The molecule has 0 radical (unpaired) electrons. The summed E-state index contributed by atoms with van der Waals surface area (Å²) in [5.41, 5.74) is 4.02. The minimum Gasteiger partial charge on any atom is -0.387 e. The Balaban J connectivity index is 1.91. The molecule has 2 aromatic carbocycles. The van der Waals surface area contributed by atoms with Gasteiger partial charge in [-0.3, -0.25) is 9.52 Å². The summed E-state index contributed by atoms with van der Waals surface area (Å²) in [6.45, 7) is 3.75. The highest BCUT2D eigenvalue weighted by molar-refractivity contribution is 7.92. The molecule has 148 valence electrons. The van der Waals surface area contributed by atoms with Gasteiger partial charge in [0.2, 0.25) is 10.0 Å². The van der Waals surface area contributed by atoms with Gasteiger partial charge in [-0.1, -0.05) is 30.3 Å². The molecule has 0 unspecified atom stereocenters. The highest BCUT2D eigenvalue weighted by Gasteiger charge is 2.26. The van der Waals surface area contributed by atoms with Crippen LogP contribution in [0.2, 0.25) is 5.02 Å². The van der Waals surface area contributed by atoms with Crippen LogP contribution in [-0.2, 0) is 16.4 Å². The van der Waals surface area contributed by atoms with Crippen LogP contribution in [0.25, 0.3) is 6.08 Å². The van der Waals surface area contributed by atoms with Crippen LogP contribution in [0.1, 0.15) is 39.5 Å². The second kappa shape index (κ2) is 7.85. The van der Waals surface area contributed by atoms with Crippen molar-refractivity contribution in [2.24, 2.45) is 0 Å². The monoisotopic (exact) mass is 419 g/mol. The Hall–Kier alpha value is -2.51. The molecule has 0 saturated carbocycles. The third-order valence-electron chi connectivity index (χ3n) is 4.73. The van der Waals surface area contributed by atoms with Crippen molar-refractivity contribution < 1.29 is 13.2 Å². The number of hydrogen-bond acceptors (Lipinski definition) is 4. The van der Waals surface area contributed by atoms with E-state index in [1.807, 2.05) is 18.2 Å². The van der Waals surface area contributed by atoms with Crippen LogP contribution in [0.15, 0.2) is 36.9 Å². The van der Waals surface area contributed by atoms with Gasteiger partial charge in [-0.05, 0) is 48.2 Å². The van der Waals surface area contributed by atoms with Crippen molar-refractivity contribution in [3.8, 4) is 0 Å². The molecule has 0 saturated heterocycles. The quantitative estimate of drug-likeness (QED) is 0.664. The number of carbonyl (C=O) groups excluding carboxylic acids is 1. The maximum Gasteiger partial charge on any atom is 0.253 e.